The van der Waals surface area contributed by atoms with E-state index >= 15 is 0 Å². The van der Waals surface area contributed by atoms with Crippen LogP contribution in [-0.4, -0.2) is 27.9 Å². The second-order valence-electron chi connectivity index (χ2n) is 4.44. The van der Waals surface area contributed by atoms with Gasteiger partial charge in [0.15, 0.2) is 0 Å². The molecule has 0 fully saturated rings. The van der Waals surface area contributed by atoms with Gasteiger partial charge in [-0.15, -0.1) is 11.3 Å². The molecular weight excluding hydrogens is 250 g/mol. The van der Waals surface area contributed by atoms with Gasteiger partial charge in [0, 0.05) is 23.8 Å². The van der Waals surface area contributed by atoms with Crippen LogP contribution in [0, 0.1) is 0 Å². The lowest BCUT2D eigenvalue weighted by Gasteiger charge is -2.26. The molecule has 0 radical (unpaired) electrons. The molecule has 0 aliphatic heterocycles. The molecule has 0 saturated carbocycles. The standard InChI is InChI=1S/C13H19NO3S/c1-10(2)14(9-11-5-4-8-18-11)12(15)6-3-7-13(16)17/h4-5,8,10H,3,6-7,9H2,1-2H3,(H,16,17). The number of carbonyl (C=O) groups is 2. The average Bonchev–Trinajstić information content (AvgIpc) is 2.77. The number of nitrogens with zero attached hydrogens (tertiary/aromatic N) is 1. The summed E-state index contributed by atoms with van der Waals surface area (Å²) in [5, 5.41) is 10.5. The van der Waals surface area contributed by atoms with Gasteiger partial charge in [-0.1, -0.05) is 6.07 Å². The molecule has 1 amide bonds. The van der Waals surface area contributed by atoms with Crippen LogP contribution in [-0.2, 0) is 16.1 Å². The summed E-state index contributed by atoms with van der Waals surface area (Å²) in [6.45, 7) is 4.56. The highest BCUT2D eigenvalue weighted by Crippen LogP contribution is 2.15. The topological polar surface area (TPSA) is 57.6 Å². The fraction of sp³-hybridized carbons (Fsp3) is 0.538. The number of rotatable bonds is 7. The van der Waals surface area contributed by atoms with Crippen LogP contribution in [0.25, 0.3) is 0 Å². The number of hydrogen-bond acceptors (Lipinski definition) is 3. The molecule has 18 heavy (non-hydrogen) atoms. The van der Waals surface area contributed by atoms with Crippen molar-refractivity contribution in [2.45, 2.75) is 45.7 Å². The maximum Gasteiger partial charge on any atom is 0.303 e. The Bertz CT molecular complexity index is 387. The monoisotopic (exact) mass is 269 g/mol. The second-order valence-corrected chi connectivity index (χ2v) is 5.47. The highest BCUT2D eigenvalue weighted by atomic mass is 32.1. The van der Waals surface area contributed by atoms with Crippen molar-refractivity contribution in [3.63, 3.8) is 0 Å². The Hall–Kier alpha value is -1.36. The molecule has 0 aromatic carbocycles. The van der Waals surface area contributed by atoms with Crippen LogP contribution in [0.1, 0.15) is 38.0 Å². The SMILES string of the molecule is CC(C)N(Cc1cccs1)C(=O)CCCC(=O)O. The number of carboxylic acids is 1. The predicted molar refractivity (Wildman–Crippen MR) is 71.5 cm³/mol. The van der Waals surface area contributed by atoms with Crippen LogP contribution in [0.3, 0.4) is 0 Å². The Morgan fingerprint density at radius 3 is 2.61 bits per heavy atom. The summed E-state index contributed by atoms with van der Waals surface area (Å²) in [4.78, 5) is 25.4. The summed E-state index contributed by atoms with van der Waals surface area (Å²) < 4.78 is 0. The first-order valence-corrected chi connectivity index (χ1v) is 6.92. The van der Waals surface area contributed by atoms with Gasteiger partial charge in [-0.05, 0) is 31.7 Å². The molecule has 0 aliphatic rings. The lowest BCUT2D eigenvalue weighted by atomic mass is 10.2. The number of aliphatic carboxylic acids is 1. The summed E-state index contributed by atoms with van der Waals surface area (Å²) in [7, 11) is 0. The number of carbonyl (C=O) groups excluding carboxylic acids is 1. The summed E-state index contributed by atoms with van der Waals surface area (Å²) in [6.07, 6.45) is 0.758. The highest BCUT2D eigenvalue weighted by molar-refractivity contribution is 7.09. The first-order valence-electron chi connectivity index (χ1n) is 6.04. The molecule has 1 rings (SSSR count). The number of carboxylic acid groups (broad SMARTS) is 1. The summed E-state index contributed by atoms with van der Waals surface area (Å²) in [5.41, 5.74) is 0. The van der Waals surface area contributed by atoms with Gasteiger partial charge < -0.3 is 10.0 Å². The van der Waals surface area contributed by atoms with Crippen molar-refractivity contribution < 1.29 is 14.7 Å². The third-order valence-electron chi connectivity index (χ3n) is 2.63. The molecule has 4 nitrogen and oxygen atoms in total. The Kier molecular flexibility index (Phi) is 5.85. The van der Waals surface area contributed by atoms with E-state index in [1.165, 1.54) is 0 Å². The van der Waals surface area contributed by atoms with Crippen LogP contribution < -0.4 is 0 Å². The van der Waals surface area contributed by atoms with Crippen molar-refractivity contribution in [1.29, 1.82) is 0 Å². The van der Waals surface area contributed by atoms with Gasteiger partial charge in [0.25, 0.3) is 0 Å². The molecule has 0 atom stereocenters. The zero-order valence-corrected chi connectivity index (χ0v) is 11.6. The van der Waals surface area contributed by atoms with Crippen molar-refractivity contribution >= 4 is 23.2 Å². The molecule has 0 unspecified atom stereocenters. The van der Waals surface area contributed by atoms with Crippen molar-refractivity contribution in [3.05, 3.63) is 22.4 Å². The van der Waals surface area contributed by atoms with Gasteiger partial charge in [0.2, 0.25) is 5.91 Å². The van der Waals surface area contributed by atoms with Crippen molar-refractivity contribution in [2.75, 3.05) is 0 Å². The molecule has 0 aliphatic carbocycles. The Balaban J connectivity index is 2.50. The van der Waals surface area contributed by atoms with Gasteiger partial charge >= 0.3 is 5.97 Å². The molecule has 1 N–H and O–H groups in total. The van der Waals surface area contributed by atoms with E-state index in [-0.39, 0.29) is 18.4 Å². The molecular formula is C13H19NO3S. The first-order chi connectivity index (χ1) is 8.50. The lowest BCUT2D eigenvalue weighted by Crippen LogP contribution is -2.36. The zero-order valence-electron chi connectivity index (χ0n) is 10.8. The molecule has 0 bridgehead atoms. The smallest absolute Gasteiger partial charge is 0.303 e. The molecule has 0 spiro atoms. The third-order valence-corrected chi connectivity index (χ3v) is 3.49. The van der Waals surface area contributed by atoms with Gasteiger partial charge in [-0.2, -0.15) is 0 Å². The van der Waals surface area contributed by atoms with E-state index in [2.05, 4.69) is 0 Å². The number of hydrogen-bond donors (Lipinski definition) is 1. The van der Waals surface area contributed by atoms with Crippen LogP contribution in [0.5, 0.6) is 0 Å². The molecule has 5 heteroatoms. The van der Waals surface area contributed by atoms with Crippen molar-refractivity contribution in [2.24, 2.45) is 0 Å². The summed E-state index contributed by atoms with van der Waals surface area (Å²) in [5.74, 6) is -0.822. The van der Waals surface area contributed by atoms with Crippen LogP contribution in [0.2, 0.25) is 0 Å². The third kappa shape index (κ3) is 4.87. The second kappa shape index (κ2) is 7.16. The largest absolute Gasteiger partial charge is 0.481 e. The van der Waals surface area contributed by atoms with Gasteiger partial charge in [0.05, 0.1) is 6.54 Å². The minimum absolute atomic E-state index is 0.0275. The number of amides is 1. The normalized spacial score (nSPS) is 10.6. The molecule has 1 aromatic rings. The van der Waals surface area contributed by atoms with E-state index in [1.807, 2.05) is 31.4 Å². The fourth-order valence-electron chi connectivity index (χ4n) is 1.66. The van der Waals surface area contributed by atoms with E-state index in [0.717, 1.165) is 4.88 Å². The molecule has 0 saturated heterocycles. The minimum atomic E-state index is -0.850. The van der Waals surface area contributed by atoms with Crippen LogP contribution in [0.4, 0.5) is 0 Å². The first kappa shape index (κ1) is 14.7. The molecule has 1 aromatic heterocycles. The van der Waals surface area contributed by atoms with Gasteiger partial charge in [-0.3, -0.25) is 9.59 Å². The molecule has 100 valence electrons. The summed E-state index contributed by atoms with van der Waals surface area (Å²) in [6, 6.07) is 4.10. The summed E-state index contributed by atoms with van der Waals surface area (Å²) >= 11 is 1.63. The predicted octanol–water partition coefficient (Wildman–Crippen LogP) is 2.74. The minimum Gasteiger partial charge on any atom is -0.481 e. The van der Waals surface area contributed by atoms with Crippen LogP contribution in [0.15, 0.2) is 17.5 Å². The van der Waals surface area contributed by atoms with Gasteiger partial charge in [-0.25, -0.2) is 0 Å². The number of thiophene rings is 1. The Labute approximate surface area is 111 Å². The van der Waals surface area contributed by atoms with E-state index in [0.29, 0.717) is 19.4 Å². The van der Waals surface area contributed by atoms with E-state index in [4.69, 9.17) is 5.11 Å². The van der Waals surface area contributed by atoms with E-state index in [9.17, 15) is 9.59 Å². The fourth-order valence-corrected chi connectivity index (χ4v) is 2.37. The maximum atomic E-state index is 12.0. The lowest BCUT2D eigenvalue weighted by molar-refractivity contribution is -0.137. The van der Waals surface area contributed by atoms with Gasteiger partial charge in [0.1, 0.15) is 0 Å². The van der Waals surface area contributed by atoms with E-state index in [1.54, 1.807) is 16.2 Å². The van der Waals surface area contributed by atoms with Crippen molar-refractivity contribution in [3.8, 4) is 0 Å². The maximum absolute atomic E-state index is 12.0. The van der Waals surface area contributed by atoms with E-state index < -0.39 is 5.97 Å². The highest BCUT2D eigenvalue weighted by Gasteiger charge is 2.17. The Morgan fingerprint density at radius 2 is 2.11 bits per heavy atom. The average molecular weight is 269 g/mol. The van der Waals surface area contributed by atoms with Crippen molar-refractivity contribution in [1.82, 2.24) is 4.90 Å². The molecule has 1 heterocycles. The zero-order chi connectivity index (χ0) is 13.5. The van der Waals surface area contributed by atoms with Crippen LogP contribution >= 0.6 is 11.3 Å². The quantitative estimate of drug-likeness (QED) is 0.828. The Morgan fingerprint density at radius 1 is 1.39 bits per heavy atom.